The maximum Gasteiger partial charge on any atom is 0.123 e. The van der Waals surface area contributed by atoms with Crippen molar-refractivity contribution in [1.82, 2.24) is 0 Å². The monoisotopic (exact) mass is 389 g/mol. The van der Waals surface area contributed by atoms with Crippen LogP contribution in [0, 0.1) is 5.82 Å². The average molecular weight is 391 g/mol. The van der Waals surface area contributed by atoms with Gasteiger partial charge in [0.25, 0.3) is 0 Å². The standard InChI is InChI=1S/C13H10Br2FNS/c14-11-3-1-9(16)5-8(11)7-18-13-4-2-10(17)6-12(13)15/h1-6H,7,17H2. The Hall–Kier alpha value is -0.520. The summed E-state index contributed by atoms with van der Waals surface area (Å²) in [6.45, 7) is 0. The number of anilines is 1. The molecule has 5 heteroatoms. The molecule has 0 amide bonds. The third-order valence-electron chi connectivity index (χ3n) is 2.35. The molecule has 0 aromatic heterocycles. The largest absolute Gasteiger partial charge is 0.399 e. The van der Waals surface area contributed by atoms with Gasteiger partial charge in [-0.25, -0.2) is 4.39 Å². The molecular weight excluding hydrogens is 381 g/mol. The number of halogens is 3. The van der Waals surface area contributed by atoms with Crippen molar-refractivity contribution in [3.05, 3.63) is 56.7 Å². The van der Waals surface area contributed by atoms with E-state index in [1.165, 1.54) is 6.07 Å². The summed E-state index contributed by atoms with van der Waals surface area (Å²) < 4.78 is 15.0. The van der Waals surface area contributed by atoms with Gasteiger partial charge in [-0.05, 0) is 57.9 Å². The molecule has 0 aliphatic rings. The second kappa shape index (κ2) is 6.08. The SMILES string of the molecule is Nc1ccc(SCc2cc(F)ccc2Br)c(Br)c1. The van der Waals surface area contributed by atoms with E-state index < -0.39 is 0 Å². The number of hydrogen-bond donors (Lipinski definition) is 1. The van der Waals surface area contributed by atoms with Gasteiger partial charge < -0.3 is 5.73 Å². The molecule has 18 heavy (non-hydrogen) atoms. The van der Waals surface area contributed by atoms with E-state index in [9.17, 15) is 4.39 Å². The van der Waals surface area contributed by atoms with Crippen molar-refractivity contribution in [2.45, 2.75) is 10.6 Å². The molecule has 0 aliphatic heterocycles. The van der Waals surface area contributed by atoms with E-state index in [1.54, 1.807) is 23.9 Å². The lowest BCUT2D eigenvalue weighted by molar-refractivity contribution is 0.626. The van der Waals surface area contributed by atoms with Crippen LogP contribution in [-0.4, -0.2) is 0 Å². The van der Waals surface area contributed by atoms with E-state index in [0.717, 1.165) is 25.1 Å². The van der Waals surface area contributed by atoms with Gasteiger partial charge in [0.15, 0.2) is 0 Å². The Morgan fingerprint density at radius 3 is 2.56 bits per heavy atom. The quantitative estimate of drug-likeness (QED) is 0.573. The molecule has 2 rings (SSSR count). The number of nitrogen functional groups attached to an aromatic ring is 1. The maximum atomic E-state index is 13.1. The molecule has 94 valence electrons. The zero-order valence-electron chi connectivity index (χ0n) is 9.29. The highest BCUT2D eigenvalue weighted by Crippen LogP contribution is 2.33. The first-order chi connectivity index (χ1) is 8.56. The third-order valence-corrected chi connectivity index (χ3v) is 5.16. The van der Waals surface area contributed by atoms with Crippen molar-refractivity contribution < 1.29 is 4.39 Å². The van der Waals surface area contributed by atoms with Gasteiger partial charge in [0.05, 0.1) is 0 Å². The molecule has 1 nitrogen and oxygen atoms in total. The van der Waals surface area contributed by atoms with Gasteiger partial charge in [-0.3, -0.25) is 0 Å². The number of nitrogens with two attached hydrogens (primary N) is 1. The number of thioether (sulfide) groups is 1. The number of hydrogen-bond acceptors (Lipinski definition) is 2. The lowest BCUT2D eigenvalue weighted by atomic mass is 10.2. The van der Waals surface area contributed by atoms with Gasteiger partial charge >= 0.3 is 0 Å². The van der Waals surface area contributed by atoms with Crippen LogP contribution >= 0.6 is 43.6 Å². The Labute approximate surface area is 126 Å². The van der Waals surface area contributed by atoms with Crippen LogP contribution in [0.15, 0.2) is 50.2 Å². The average Bonchev–Trinajstić information content (AvgIpc) is 2.32. The molecular formula is C13H10Br2FNS. The Bertz CT molecular complexity index is 575. The molecule has 0 fully saturated rings. The van der Waals surface area contributed by atoms with Crippen LogP contribution in [0.4, 0.5) is 10.1 Å². The summed E-state index contributed by atoms with van der Waals surface area (Å²) in [7, 11) is 0. The van der Waals surface area contributed by atoms with Crippen LogP contribution in [-0.2, 0) is 5.75 Å². The fraction of sp³-hybridized carbons (Fsp3) is 0.0769. The Kier molecular flexibility index (Phi) is 4.70. The van der Waals surface area contributed by atoms with Crippen LogP contribution in [0.1, 0.15) is 5.56 Å². The zero-order chi connectivity index (χ0) is 13.1. The Morgan fingerprint density at radius 1 is 1.06 bits per heavy atom. The normalized spacial score (nSPS) is 10.6. The minimum atomic E-state index is -0.217. The molecule has 2 N–H and O–H groups in total. The summed E-state index contributed by atoms with van der Waals surface area (Å²) >= 11 is 8.52. The second-order valence-corrected chi connectivity index (χ2v) is 6.44. The number of rotatable bonds is 3. The van der Waals surface area contributed by atoms with Crippen LogP contribution < -0.4 is 5.73 Å². The highest BCUT2D eigenvalue weighted by atomic mass is 79.9. The van der Waals surface area contributed by atoms with Gasteiger partial charge in [0.1, 0.15) is 5.82 Å². The molecule has 0 spiro atoms. The summed E-state index contributed by atoms with van der Waals surface area (Å²) in [6, 6.07) is 10.4. The molecule has 0 saturated heterocycles. The first kappa shape index (κ1) is 13.9. The maximum absolute atomic E-state index is 13.1. The van der Waals surface area contributed by atoms with Crippen LogP contribution in [0.3, 0.4) is 0 Å². The van der Waals surface area contributed by atoms with Gasteiger partial charge in [-0.2, -0.15) is 0 Å². The van der Waals surface area contributed by atoms with Crippen molar-refractivity contribution in [3.8, 4) is 0 Å². The third kappa shape index (κ3) is 3.49. The Morgan fingerprint density at radius 2 is 1.83 bits per heavy atom. The first-order valence-corrected chi connectivity index (χ1v) is 7.75. The molecule has 0 atom stereocenters. The lowest BCUT2D eigenvalue weighted by Crippen LogP contribution is -1.87. The van der Waals surface area contributed by atoms with Crippen molar-refractivity contribution >= 4 is 49.3 Å². The van der Waals surface area contributed by atoms with Crippen molar-refractivity contribution in [2.75, 3.05) is 5.73 Å². The summed E-state index contributed by atoms with van der Waals surface area (Å²) in [5, 5.41) is 0. The highest BCUT2D eigenvalue weighted by Gasteiger charge is 2.05. The van der Waals surface area contributed by atoms with Crippen molar-refractivity contribution in [2.24, 2.45) is 0 Å². The minimum absolute atomic E-state index is 0.217. The van der Waals surface area contributed by atoms with E-state index in [0.29, 0.717) is 5.75 Å². The zero-order valence-corrected chi connectivity index (χ0v) is 13.3. The molecule has 2 aromatic rings. The first-order valence-electron chi connectivity index (χ1n) is 5.18. The van der Waals surface area contributed by atoms with Gasteiger partial charge in [0, 0.05) is 25.3 Å². The molecule has 0 saturated carbocycles. The van der Waals surface area contributed by atoms with E-state index in [1.807, 2.05) is 18.2 Å². The Balaban J connectivity index is 2.13. The molecule has 0 radical (unpaired) electrons. The van der Waals surface area contributed by atoms with E-state index in [4.69, 9.17) is 5.73 Å². The lowest BCUT2D eigenvalue weighted by Gasteiger charge is -2.07. The summed E-state index contributed by atoms with van der Waals surface area (Å²) in [4.78, 5) is 1.08. The fourth-order valence-electron chi connectivity index (χ4n) is 1.44. The molecule has 0 unspecified atom stereocenters. The molecule has 0 aliphatic carbocycles. The summed E-state index contributed by atoms with van der Waals surface area (Å²) in [5.41, 5.74) is 7.34. The second-order valence-electron chi connectivity index (χ2n) is 3.71. The summed E-state index contributed by atoms with van der Waals surface area (Å²) in [5.74, 6) is 0.478. The van der Waals surface area contributed by atoms with Crippen LogP contribution in [0.25, 0.3) is 0 Å². The van der Waals surface area contributed by atoms with Crippen molar-refractivity contribution in [3.63, 3.8) is 0 Å². The minimum Gasteiger partial charge on any atom is -0.399 e. The smallest absolute Gasteiger partial charge is 0.123 e. The molecule has 0 heterocycles. The topological polar surface area (TPSA) is 26.0 Å². The summed E-state index contributed by atoms with van der Waals surface area (Å²) in [6.07, 6.45) is 0. The van der Waals surface area contributed by atoms with Gasteiger partial charge in [0.2, 0.25) is 0 Å². The van der Waals surface area contributed by atoms with Gasteiger partial charge in [-0.1, -0.05) is 15.9 Å². The predicted molar refractivity (Wildman–Crippen MR) is 82.2 cm³/mol. The van der Waals surface area contributed by atoms with Crippen LogP contribution in [0.2, 0.25) is 0 Å². The van der Waals surface area contributed by atoms with Crippen LogP contribution in [0.5, 0.6) is 0 Å². The predicted octanol–water partition coefficient (Wildman–Crippen LogP) is 5.23. The fourth-order valence-corrected chi connectivity index (χ4v) is 3.67. The number of benzene rings is 2. The van der Waals surface area contributed by atoms with Gasteiger partial charge in [-0.15, -0.1) is 11.8 Å². The molecule has 2 aromatic carbocycles. The van der Waals surface area contributed by atoms with E-state index in [-0.39, 0.29) is 5.82 Å². The van der Waals surface area contributed by atoms with E-state index >= 15 is 0 Å². The molecule has 0 bridgehead atoms. The van der Waals surface area contributed by atoms with E-state index in [2.05, 4.69) is 31.9 Å². The highest BCUT2D eigenvalue weighted by molar-refractivity contribution is 9.10. The van der Waals surface area contributed by atoms with Crippen molar-refractivity contribution in [1.29, 1.82) is 0 Å².